The van der Waals surface area contributed by atoms with Crippen molar-refractivity contribution in [1.29, 1.82) is 5.26 Å². The summed E-state index contributed by atoms with van der Waals surface area (Å²) in [4.78, 5) is 19.6. The maximum Gasteiger partial charge on any atom is 0.231 e. The lowest BCUT2D eigenvalue weighted by Crippen LogP contribution is -2.40. The molecule has 164 valence electrons. The van der Waals surface area contributed by atoms with E-state index in [2.05, 4.69) is 21.3 Å². The van der Waals surface area contributed by atoms with Crippen LogP contribution in [0.2, 0.25) is 10.0 Å². The average Bonchev–Trinajstić information content (AvgIpc) is 3.33. The van der Waals surface area contributed by atoms with Gasteiger partial charge >= 0.3 is 0 Å². The van der Waals surface area contributed by atoms with Crippen LogP contribution in [0.5, 0.6) is 0 Å². The summed E-state index contributed by atoms with van der Waals surface area (Å²) in [5, 5.41) is 17.7. The highest BCUT2D eigenvalue weighted by atomic mass is 35.5. The molecule has 33 heavy (non-hydrogen) atoms. The Labute approximate surface area is 200 Å². The van der Waals surface area contributed by atoms with Crippen LogP contribution in [0.1, 0.15) is 35.8 Å². The largest absolute Gasteiger partial charge is 0.384 e. The molecule has 0 saturated carbocycles. The minimum atomic E-state index is -0.696. The zero-order valence-corrected chi connectivity index (χ0v) is 18.8. The molecule has 3 N–H and O–H groups in total. The second kappa shape index (κ2) is 8.39. The number of allylic oxidation sites excluding steroid dienone is 3. The van der Waals surface area contributed by atoms with E-state index in [1.807, 2.05) is 30.3 Å². The Hall–Kier alpha value is -3.60. The van der Waals surface area contributed by atoms with Crippen LogP contribution >= 0.6 is 23.2 Å². The molecule has 0 unspecified atom stereocenters. The fraction of sp³-hybridized carbons (Fsp3) is 0.167. The van der Waals surface area contributed by atoms with E-state index in [1.54, 1.807) is 23.1 Å². The van der Waals surface area contributed by atoms with E-state index in [-0.39, 0.29) is 23.1 Å². The predicted molar refractivity (Wildman–Crippen MR) is 125 cm³/mol. The highest BCUT2D eigenvalue weighted by molar-refractivity contribution is 6.35. The Morgan fingerprint density at radius 2 is 1.94 bits per heavy atom. The van der Waals surface area contributed by atoms with Gasteiger partial charge in [0.05, 0.1) is 17.6 Å². The van der Waals surface area contributed by atoms with Crippen LogP contribution in [0, 0.1) is 11.3 Å². The van der Waals surface area contributed by atoms with E-state index in [0.29, 0.717) is 45.7 Å². The van der Waals surface area contributed by atoms with E-state index in [1.165, 1.54) is 6.33 Å². The van der Waals surface area contributed by atoms with Crippen molar-refractivity contribution in [3.63, 3.8) is 0 Å². The van der Waals surface area contributed by atoms with Gasteiger partial charge in [0.1, 0.15) is 12.1 Å². The molecule has 2 heterocycles. The lowest BCUT2D eigenvalue weighted by molar-refractivity contribution is -0.116. The number of aromatic amines is 1. The number of nitrogens with zero attached hydrogens (tertiary/aromatic N) is 4. The van der Waals surface area contributed by atoms with E-state index < -0.39 is 5.92 Å². The van der Waals surface area contributed by atoms with Crippen molar-refractivity contribution in [3.8, 4) is 6.07 Å². The third kappa shape index (κ3) is 3.58. The molecule has 0 fully saturated rings. The monoisotopic (exact) mass is 476 g/mol. The second-order valence-corrected chi connectivity index (χ2v) is 8.80. The van der Waals surface area contributed by atoms with Crippen LogP contribution in [0.15, 0.2) is 77.5 Å². The fourth-order valence-corrected chi connectivity index (χ4v) is 5.20. The number of nitrogens with one attached hydrogen (secondary N) is 1. The number of H-pyrrole nitrogens is 1. The zero-order valence-electron chi connectivity index (χ0n) is 17.3. The van der Waals surface area contributed by atoms with Gasteiger partial charge in [-0.05, 0) is 35.6 Å². The Morgan fingerprint density at radius 3 is 2.61 bits per heavy atom. The molecule has 9 heteroatoms. The number of Topliss-reactive ketones (excluding diaryl/α,β-unsaturated/α-hetero) is 1. The summed E-state index contributed by atoms with van der Waals surface area (Å²) < 4.78 is 0. The minimum Gasteiger partial charge on any atom is -0.384 e. The summed E-state index contributed by atoms with van der Waals surface area (Å²) in [6.07, 6.45) is 2.21. The van der Waals surface area contributed by atoms with Crippen molar-refractivity contribution < 1.29 is 4.79 Å². The molecule has 0 saturated heterocycles. The number of halogens is 2. The van der Waals surface area contributed by atoms with Crippen molar-refractivity contribution >= 4 is 34.9 Å². The van der Waals surface area contributed by atoms with Crippen molar-refractivity contribution in [2.24, 2.45) is 5.73 Å². The van der Waals surface area contributed by atoms with Crippen LogP contribution in [-0.4, -0.2) is 21.0 Å². The molecule has 1 aromatic heterocycles. The van der Waals surface area contributed by atoms with Gasteiger partial charge in [-0.15, -0.1) is 0 Å². The minimum absolute atomic E-state index is 0.0411. The highest BCUT2D eigenvalue weighted by Gasteiger charge is 2.44. The number of hydrogen-bond acceptors (Lipinski definition) is 6. The summed E-state index contributed by atoms with van der Waals surface area (Å²) in [6, 6.07) is 17.1. The van der Waals surface area contributed by atoms with Crippen molar-refractivity contribution in [2.75, 3.05) is 4.90 Å². The number of ketones is 1. The van der Waals surface area contributed by atoms with Crippen LogP contribution in [-0.2, 0) is 4.79 Å². The number of nitriles is 1. The molecule has 2 aromatic carbocycles. The third-order valence-corrected chi connectivity index (χ3v) is 6.69. The molecular formula is C24H18Cl2N6O. The molecule has 7 nitrogen and oxygen atoms in total. The maximum atomic E-state index is 13.7. The third-order valence-electron chi connectivity index (χ3n) is 6.13. The average molecular weight is 477 g/mol. The summed E-state index contributed by atoms with van der Waals surface area (Å²) >= 11 is 12.6. The number of nitrogens with two attached hydrogens (primary N) is 1. The quantitative estimate of drug-likeness (QED) is 0.560. The van der Waals surface area contributed by atoms with Gasteiger partial charge in [-0.1, -0.05) is 59.6 Å². The predicted octanol–water partition coefficient (Wildman–Crippen LogP) is 4.81. The maximum absolute atomic E-state index is 13.7. The summed E-state index contributed by atoms with van der Waals surface area (Å²) in [7, 11) is 0. The van der Waals surface area contributed by atoms with Gasteiger partial charge < -0.3 is 5.73 Å². The number of carbonyl (C=O) groups is 1. The summed E-state index contributed by atoms with van der Waals surface area (Å²) in [5.41, 5.74) is 9.62. The topological polar surface area (TPSA) is 112 Å². The van der Waals surface area contributed by atoms with Crippen LogP contribution < -0.4 is 10.6 Å². The molecule has 2 atom stereocenters. The standard InChI is InChI=1S/C24H18Cl2N6O/c25-15-6-7-16(18(26)10-15)21-17(11-27)23(28)32(24-29-12-30-31-24)19-8-14(9-20(33)22(19)21)13-4-2-1-3-5-13/h1-7,10,12,14,21H,8-9,28H2,(H,29,30,31)/t14-,21+/m0/s1. The van der Waals surface area contributed by atoms with Crippen LogP contribution in [0.4, 0.5) is 5.95 Å². The Kier molecular flexibility index (Phi) is 5.41. The second-order valence-electron chi connectivity index (χ2n) is 7.95. The fourth-order valence-electron chi connectivity index (χ4n) is 4.69. The number of rotatable bonds is 3. The molecule has 1 aliphatic heterocycles. The lowest BCUT2D eigenvalue weighted by atomic mass is 9.72. The molecule has 3 aromatic rings. The first-order valence-electron chi connectivity index (χ1n) is 10.3. The molecule has 0 bridgehead atoms. The Bertz CT molecular complexity index is 1340. The first kappa shape index (κ1) is 21.3. The summed E-state index contributed by atoms with van der Waals surface area (Å²) in [6.45, 7) is 0. The molecule has 1 aliphatic carbocycles. The van der Waals surface area contributed by atoms with Gasteiger partial charge in [0.15, 0.2) is 5.78 Å². The van der Waals surface area contributed by atoms with E-state index >= 15 is 0 Å². The highest BCUT2D eigenvalue weighted by Crippen LogP contribution is 2.49. The van der Waals surface area contributed by atoms with Crippen molar-refractivity contribution in [3.05, 3.63) is 98.7 Å². The Balaban J connectivity index is 1.73. The van der Waals surface area contributed by atoms with Crippen molar-refractivity contribution in [1.82, 2.24) is 15.2 Å². The number of aromatic nitrogens is 3. The van der Waals surface area contributed by atoms with Gasteiger partial charge in [0.25, 0.3) is 0 Å². The number of benzene rings is 2. The van der Waals surface area contributed by atoms with E-state index in [0.717, 1.165) is 5.56 Å². The first-order valence-corrected chi connectivity index (χ1v) is 11.1. The Morgan fingerprint density at radius 1 is 1.15 bits per heavy atom. The van der Waals surface area contributed by atoms with Gasteiger partial charge in [0.2, 0.25) is 5.95 Å². The van der Waals surface area contributed by atoms with Gasteiger partial charge in [0, 0.05) is 27.7 Å². The van der Waals surface area contributed by atoms with Gasteiger partial charge in [-0.25, -0.2) is 5.10 Å². The summed E-state index contributed by atoms with van der Waals surface area (Å²) in [5.74, 6) is -0.273. The van der Waals surface area contributed by atoms with Crippen molar-refractivity contribution in [2.45, 2.75) is 24.7 Å². The molecule has 2 aliphatic rings. The van der Waals surface area contributed by atoms with Gasteiger partial charge in [-0.3, -0.25) is 9.69 Å². The molecule has 5 rings (SSSR count). The van der Waals surface area contributed by atoms with Gasteiger partial charge in [-0.2, -0.15) is 15.3 Å². The zero-order chi connectivity index (χ0) is 23.1. The number of hydrogen-bond donors (Lipinski definition) is 2. The molecule has 0 spiro atoms. The van der Waals surface area contributed by atoms with Crippen LogP contribution in [0.3, 0.4) is 0 Å². The normalized spacial score (nSPS) is 20.6. The smallest absolute Gasteiger partial charge is 0.231 e. The van der Waals surface area contributed by atoms with E-state index in [9.17, 15) is 10.1 Å². The number of carbonyl (C=O) groups excluding carboxylic acids is 1. The van der Waals surface area contributed by atoms with E-state index in [4.69, 9.17) is 28.9 Å². The first-order chi connectivity index (χ1) is 16.0. The van der Waals surface area contributed by atoms with Crippen LogP contribution in [0.25, 0.3) is 0 Å². The number of anilines is 1. The lowest BCUT2D eigenvalue weighted by Gasteiger charge is -2.40. The molecular weight excluding hydrogens is 459 g/mol. The molecule has 0 amide bonds. The molecule has 0 radical (unpaired) electrons. The SMILES string of the molecule is N#CC1=C(N)N(c2ncn[nH]2)C2=C(C(=O)C[C@@H](c3ccccc3)C2)[C@@H]1c1ccc(Cl)cc1Cl.